The standard InChI is InChI=1S/C26H24N2O5S/c1-16-21(25(30)28-11-13-32-14-12-28)24(34-22(16)17-7-3-2-4-8-17)27-23(29)20-15-18-9-5-6-10-19(18)26(31)33-20/h2-10,20H,11-15H2,1H3,(H,27,29). The lowest BCUT2D eigenvalue weighted by atomic mass is 9.98. The molecule has 0 bridgehead atoms. The second kappa shape index (κ2) is 9.40. The summed E-state index contributed by atoms with van der Waals surface area (Å²) in [5.41, 5.74) is 3.51. The highest BCUT2D eigenvalue weighted by molar-refractivity contribution is 7.20. The molecule has 34 heavy (non-hydrogen) atoms. The first-order valence-corrected chi connectivity index (χ1v) is 12.0. The first-order valence-electron chi connectivity index (χ1n) is 11.2. The van der Waals surface area contributed by atoms with Crippen LogP contribution in [0.1, 0.15) is 31.8 Å². The van der Waals surface area contributed by atoms with Crippen molar-refractivity contribution in [2.75, 3.05) is 31.6 Å². The number of anilines is 1. The number of rotatable bonds is 4. The molecule has 5 rings (SSSR count). The molecule has 1 N–H and O–H groups in total. The maximum atomic E-state index is 13.5. The molecule has 0 radical (unpaired) electrons. The lowest BCUT2D eigenvalue weighted by Gasteiger charge is -2.27. The smallest absolute Gasteiger partial charge is 0.339 e. The van der Waals surface area contributed by atoms with Crippen LogP contribution < -0.4 is 5.32 Å². The number of esters is 1. The van der Waals surface area contributed by atoms with Gasteiger partial charge in [0, 0.05) is 24.4 Å². The Labute approximate surface area is 201 Å². The highest BCUT2D eigenvalue weighted by atomic mass is 32.1. The summed E-state index contributed by atoms with van der Waals surface area (Å²) in [6, 6.07) is 16.9. The third kappa shape index (κ3) is 4.22. The molecule has 3 aromatic rings. The van der Waals surface area contributed by atoms with Crippen molar-refractivity contribution in [2.24, 2.45) is 0 Å². The van der Waals surface area contributed by atoms with Crippen LogP contribution in [0.2, 0.25) is 0 Å². The zero-order chi connectivity index (χ0) is 23.7. The first-order chi connectivity index (χ1) is 16.5. The number of carbonyl (C=O) groups excluding carboxylic acids is 3. The van der Waals surface area contributed by atoms with Crippen molar-refractivity contribution in [1.82, 2.24) is 4.90 Å². The number of morpholine rings is 1. The molecule has 3 heterocycles. The van der Waals surface area contributed by atoms with Gasteiger partial charge in [0.15, 0.2) is 6.10 Å². The number of thiophene rings is 1. The zero-order valence-corrected chi connectivity index (χ0v) is 19.5. The Bertz CT molecular complexity index is 1250. The van der Waals surface area contributed by atoms with Crippen LogP contribution in [0.5, 0.6) is 0 Å². The van der Waals surface area contributed by atoms with Crippen LogP contribution in [0.3, 0.4) is 0 Å². The summed E-state index contributed by atoms with van der Waals surface area (Å²) in [6.45, 7) is 3.87. The van der Waals surface area contributed by atoms with E-state index in [1.165, 1.54) is 11.3 Å². The minimum atomic E-state index is -0.962. The molecule has 174 valence electrons. The second-order valence-corrected chi connectivity index (χ2v) is 9.30. The average Bonchev–Trinajstić information content (AvgIpc) is 3.20. The molecule has 0 spiro atoms. The third-order valence-electron chi connectivity index (χ3n) is 6.12. The fourth-order valence-corrected chi connectivity index (χ4v) is 5.53. The molecule has 1 unspecified atom stereocenters. The van der Waals surface area contributed by atoms with E-state index in [9.17, 15) is 14.4 Å². The number of nitrogens with one attached hydrogen (secondary N) is 1. The minimum Gasteiger partial charge on any atom is -0.448 e. The summed E-state index contributed by atoms with van der Waals surface area (Å²) >= 11 is 1.36. The SMILES string of the molecule is Cc1c(-c2ccccc2)sc(NC(=O)C2Cc3ccccc3C(=O)O2)c1C(=O)N1CCOCC1. The fraction of sp³-hybridized carbons (Fsp3) is 0.269. The lowest BCUT2D eigenvalue weighted by Crippen LogP contribution is -2.41. The summed E-state index contributed by atoms with van der Waals surface area (Å²) in [7, 11) is 0. The monoisotopic (exact) mass is 476 g/mol. The van der Waals surface area contributed by atoms with Crippen LogP contribution in [-0.4, -0.2) is 55.1 Å². The molecule has 2 aromatic carbocycles. The summed E-state index contributed by atoms with van der Waals surface area (Å²) in [5, 5.41) is 3.37. The van der Waals surface area contributed by atoms with Crippen LogP contribution >= 0.6 is 11.3 Å². The van der Waals surface area contributed by atoms with Crippen molar-refractivity contribution in [3.8, 4) is 10.4 Å². The van der Waals surface area contributed by atoms with Gasteiger partial charge in [-0.15, -0.1) is 11.3 Å². The van der Waals surface area contributed by atoms with Crippen LogP contribution in [0.4, 0.5) is 5.00 Å². The zero-order valence-electron chi connectivity index (χ0n) is 18.7. The lowest BCUT2D eigenvalue weighted by molar-refractivity contribution is -0.125. The average molecular weight is 477 g/mol. The molecule has 1 saturated heterocycles. The molecule has 1 aromatic heterocycles. The normalized spacial score (nSPS) is 17.6. The highest BCUT2D eigenvalue weighted by Gasteiger charge is 2.33. The minimum absolute atomic E-state index is 0.138. The van der Waals surface area contributed by atoms with Crippen molar-refractivity contribution in [3.63, 3.8) is 0 Å². The molecule has 0 aliphatic carbocycles. The topological polar surface area (TPSA) is 84.9 Å². The number of benzene rings is 2. The largest absolute Gasteiger partial charge is 0.448 e. The van der Waals surface area contributed by atoms with Gasteiger partial charge in [0.05, 0.1) is 24.3 Å². The van der Waals surface area contributed by atoms with Gasteiger partial charge in [0.1, 0.15) is 5.00 Å². The molecule has 1 atom stereocenters. The summed E-state index contributed by atoms with van der Waals surface area (Å²) < 4.78 is 10.8. The number of hydrogen-bond acceptors (Lipinski definition) is 6. The molecule has 7 nitrogen and oxygen atoms in total. The quantitative estimate of drug-likeness (QED) is 0.577. The van der Waals surface area contributed by atoms with E-state index >= 15 is 0 Å². The number of amides is 2. The van der Waals surface area contributed by atoms with E-state index in [2.05, 4.69) is 5.32 Å². The molecular formula is C26H24N2O5S. The Balaban J connectivity index is 1.47. The van der Waals surface area contributed by atoms with Gasteiger partial charge in [-0.05, 0) is 29.7 Å². The Morgan fingerprint density at radius 3 is 2.50 bits per heavy atom. The van der Waals surface area contributed by atoms with E-state index in [4.69, 9.17) is 9.47 Å². The Kier molecular flexibility index (Phi) is 6.17. The third-order valence-corrected chi connectivity index (χ3v) is 7.37. The number of nitrogens with zero attached hydrogens (tertiary/aromatic N) is 1. The van der Waals surface area contributed by atoms with Crippen LogP contribution in [-0.2, 0) is 20.7 Å². The van der Waals surface area contributed by atoms with Gasteiger partial charge in [0.25, 0.3) is 11.8 Å². The van der Waals surface area contributed by atoms with Gasteiger partial charge < -0.3 is 19.7 Å². The summed E-state index contributed by atoms with van der Waals surface area (Å²) in [4.78, 5) is 41.8. The number of fused-ring (bicyclic) bond motifs is 1. The van der Waals surface area contributed by atoms with E-state index in [-0.39, 0.29) is 12.3 Å². The fourth-order valence-electron chi connectivity index (χ4n) is 4.32. The van der Waals surface area contributed by atoms with E-state index in [1.54, 1.807) is 17.0 Å². The van der Waals surface area contributed by atoms with Crippen molar-refractivity contribution >= 4 is 34.1 Å². The van der Waals surface area contributed by atoms with Gasteiger partial charge >= 0.3 is 5.97 Å². The summed E-state index contributed by atoms with van der Waals surface area (Å²) in [5.74, 6) is -1.10. The van der Waals surface area contributed by atoms with Gasteiger partial charge in [-0.25, -0.2) is 4.79 Å². The van der Waals surface area contributed by atoms with E-state index < -0.39 is 18.0 Å². The van der Waals surface area contributed by atoms with Crippen molar-refractivity contribution in [1.29, 1.82) is 0 Å². The van der Waals surface area contributed by atoms with Gasteiger partial charge in [-0.1, -0.05) is 48.5 Å². The molecule has 1 fully saturated rings. The molecule has 2 amide bonds. The number of cyclic esters (lactones) is 1. The molecular weight excluding hydrogens is 452 g/mol. The number of hydrogen-bond donors (Lipinski definition) is 1. The first kappa shape index (κ1) is 22.3. The van der Waals surface area contributed by atoms with Crippen molar-refractivity contribution in [2.45, 2.75) is 19.4 Å². The maximum absolute atomic E-state index is 13.5. The van der Waals surface area contributed by atoms with Gasteiger partial charge in [0.2, 0.25) is 0 Å². The Morgan fingerprint density at radius 2 is 1.74 bits per heavy atom. The Hall–Kier alpha value is -3.49. The highest BCUT2D eigenvalue weighted by Crippen LogP contribution is 2.41. The Morgan fingerprint density at radius 1 is 1.03 bits per heavy atom. The van der Waals surface area contributed by atoms with Crippen LogP contribution in [0, 0.1) is 6.92 Å². The maximum Gasteiger partial charge on any atom is 0.339 e. The predicted octanol–water partition coefficient (Wildman–Crippen LogP) is 3.92. The summed E-state index contributed by atoms with van der Waals surface area (Å²) in [6.07, 6.45) is -0.674. The van der Waals surface area contributed by atoms with Gasteiger partial charge in [-0.2, -0.15) is 0 Å². The second-order valence-electron chi connectivity index (χ2n) is 8.28. The number of ether oxygens (including phenoxy) is 2. The van der Waals surface area contributed by atoms with Crippen LogP contribution in [0.25, 0.3) is 10.4 Å². The van der Waals surface area contributed by atoms with E-state index in [0.29, 0.717) is 42.4 Å². The van der Waals surface area contributed by atoms with Crippen molar-refractivity contribution < 1.29 is 23.9 Å². The molecule has 2 aliphatic heterocycles. The number of carbonyl (C=O) groups is 3. The van der Waals surface area contributed by atoms with Crippen LogP contribution in [0.15, 0.2) is 54.6 Å². The molecule has 0 saturated carbocycles. The van der Waals surface area contributed by atoms with E-state index in [1.807, 2.05) is 49.4 Å². The van der Waals surface area contributed by atoms with E-state index in [0.717, 1.165) is 21.6 Å². The predicted molar refractivity (Wildman–Crippen MR) is 129 cm³/mol. The molecule has 8 heteroatoms. The van der Waals surface area contributed by atoms with Crippen molar-refractivity contribution in [3.05, 3.63) is 76.9 Å². The molecule has 2 aliphatic rings. The van der Waals surface area contributed by atoms with Gasteiger partial charge in [-0.3, -0.25) is 9.59 Å².